The number of methoxy groups -OCH3 is 1. The van der Waals surface area contributed by atoms with Gasteiger partial charge < -0.3 is 24.3 Å². The molecule has 0 radical (unpaired) electrons. The Morgan fingerprint density at radius 2 is 1.88 bits per heavy atom. The number of carbonyl (C=O) groups is 2. The van der Waals surface area contributed by atoms with Crippen LogP contribution in [0.3, 0.4) is 0 Å². The second kappa shape index (κ2) is 6.98. The molecule has 132 valence electrons. The molecule has 1 amide bonds. The molecule has 24 heavy (non-hydrogen) atoms. The largest absolute Gasteiger partial charge is 0.493 e. The fourth-order valence-corrected chi connectivity index (χ4v) is 2.14. The van der Waals surface area contributed by atoms with E-state index in [-0.39, 0.29) is 11.5 Å². The van der Waals surface area contributed by atoms with Crippen LogP contribution < -0.4 is 19.5 Å². The fraction of sp³-hybridized carbons (Fsp3) is 0.529. The third-order valence-corrected chi connectivity index (χ3v) is 3.21. The van der Waals surface area contributed by atoms with Crippen LogP contribution in [0.4, 0.5) is 0 Å². The van der Waals surface area contributed by atoms with E-state index in [0.29, 0.717) is 30.5 Å². The Balaban J connectivity index is 2.13. The summed E-state index contributed by atoms with van der Waals surface area (Å²) in [6.45, 7) is 7.88. The Kier molecular flexibility index (Phi) is 5.21. The first-order valence-corrected chi connectivity index (χ1v) is 7.72. The van der Waals surface area contributed by atoms with Gasteiger partial charge in [0.15, 0.2) is 17.6 Å². The molecule has 1 aromatic carbocycles. The maximum absolute atomic E-state index is 12.3. The van der Waals surface area contributed by atoms with Crippen molar-refractivity contribution in [3.63, 3.8) is 0 Å². The summed E-state index contributed by atoms with van der Waals surface area (Å²) in [6, 6.07) is 3.03. The molecule has 7 nitrogen and oxygen atoms in total. The van der Waals surface area contributed by atoms with Gasteiger partial charge in [0.05, 0.1) is 12.7 Å². The molecule has 1 aliphatic heterocycles. The standard InChI is InChI=1S/C17H23NO6/c1-10(15(19)18-17(2,3)4)24-16(20)11-8-12(21-5)14-13(9-11)22-6-7-23-14/h8-10H,6-7H2,1-5H3,(H,18,19)/t10-/m0/s1. The Morgan fingerprint density at radius 3 is 2.50 bits per heavy atom. The van der Waals surface area contributed by atoms with E-state index in [1.165, 1.54) is 26.2 Å². The molecule has 1 N–H and O–H groups in total. The van der Waals surface area contributed by atoms with E-state index in [0.717, 1.165) is 0 Å². The first-order valence-electron chi connectivity index (χ1n) is 7.72. The number of benzene rings is 1. The molecule has 7 heteroatoms. The molecule has 0 saturated heterocycles. The summed E-state index contributed by atoms with van der Waals surface area (Å²) < 4.78 is 21.4. The summed E-state index contributed by atoms with van der Waals surface area (Å²) in [6.07, 6.45) is -0.920. The second-order valence-corrected chi connectivity index (χ2v) is 6.49. The van der Waals surface area contributed by atoms with Gasteiger partial charge in [-0.2, -0.15) is 0 Å². The Hall–Kier alpha value is -2.44. The molecule has 1 aliphatic rings. The lowest BCUT2D eigenvalue weighted by Gasteiger charge is -2.23. The number of nitrogens with one attached hydrogen (secondary N) is 1. The number of rotatable bonds is 4. The zero-order chi connectivity index (χ0) is 17.9. The summed E-state index contributed by atoms with van der Waals surface area (Å²) in [7, 11) is 1.47. The zero-order valence-corrected chi connectivity index (χ0v) is 14.6. The first-order chi connectivity index (χ1) is 11.2. The zero-order valence-electron chi connectivity index (χ0n) is 14.6. The Bertz CT molecular complexity index is 617. The van der Waals surface area contributed by atoms with Crippen molar-refractivity contribution in [2.75, 3.05) is 20.3 Å². The van der Waals surface area contributed by atoms with Gasteiger partial charge in [-0.1, -0.05) is 0 Å². The van der Waals surface area contributed by atoms with E-state index < -0.39 is 17.6 Å². The molecule has 1 heterocycles. The maximum Gasteiger partial charge on any atom is 0.339 e. The van der Waals surface area contributed by atoms with Crippen molar-refractivity contribution in [1.82, 2.24) is 5.32 Å². The highest BCUT2D eigenvalue weighted by molar-refractivity contribution is 5.93. The average Bonchev–Trinajstić information content (AvgIpc) is 2.51. The molecule has 0 saturated carbocycles. The summed E-state index contributed by atoms with van der Waals surface area (Å²) in [5.74, 6) is 0.256. The lowest BCUT2D eigenvalue weighted by molar-refractivity contribution is -0.130. The third kappa shape index (κ3) is 4.31. The van der Waals surface area contributed by atoms with Gasteiger partial charge in [-0.3, -0.25) is 4.79 Å². The minimum Gasteiger partial charge on any atom is -0.493 e. The highest BCUT2D eigenvalue weighted by Gasteiger charge is 2.25. The Morgan fingerprint density at radius 1 is 1.21 bits per heavy atom. The summed E-state index contributed by atoms with van der Waals surface area (Å²) in [5.41, 5.74) is -0.177. The van der Waals surface area contributed by atoms with E-state index >= 15 is 0 Å². The van der Waals surface area contributed by atoms with Crippen LogP contribution in [0.25, 0.3) is 0 Å². The monoisotopic (exact) mass is 337 g/mol. The van der Waals surface area contributed by atoms with Crippen molar-refractivity contribution in [3.8, 4) is 17.2 Å². The van der Waals surface area contributed by atoms with Gasteiger partial charge in [-0.15, -0.1) is 0 Å². The molecular weight excluding hydrogens is 314 g/mol. The van der Waals surface area contributed by atoms with E-state index in [9.17, 15) is 9.59 Å². The predicted octanol–water partition coefficient (Wildman–Crippen LogP) is 1.93. The van der Waals surface area contributed by atoms with Crippen molar-refractivity contribution in [3.05, 3.63) is 17.7 Å². The van der Waals surface area contributed by atoms with Gasteiger partial charge in [-0.05, 0) is 39.8 Å². The molecule has 0 aliphatic carbocycles. The van der Waals surface area contributed by atoms with Crippen LogP contribution in [0.1, 0.15) is 38.1 Å². The van der Waals surface area contributed by atoms with E-state index in [1.54, 1.807) is 0 Å². The second-order valence-electron chi connectivity index (χ2n) is 6.49. The number of hydrogen-bond donors (Lipinski definition) is 1. The van der Waals surface area contributed by atoms with Crippen molar-refractivity contribution in [2.45, 2.75) is 39.3 Å². The number of amides is 1. The SMILES string of the molecule is COc1cc(C(=O)O[C@@H](C)C(=O)NC(C)(C)C)cc2c1OCCO2. The molecule has 0 aromatic heterocycles. The van der Waals surface area contributed by atoms with Gasteiger partial charge in [0.25, 0.3) is 5.91 Å². The van der Waals surface area contributed by atoms with Crippen molar-refractivity contribution >= 4 is 11.9 Å². The summed E-state index contributed by atoms with van der Waals surface area (Å²) in [4.78, 5) is 24.3. The molecule has 0 unspecified atom stereocenters. The molecule has 2 rings (SSSR count). The highest BCUT2D eigenvalue weighted by atomic mass is 16.6. The van der Waals surface area contributed by atoms with Crippen LogP contribution in [0, 0.1) is 0 Å². The number of esters is 1. The number of fused-ring (bicyclic) bond motifs is 1. The van der Waals surface area contributed by atoms with Crippen molar-refractivity contribution in [1.29, 1.82) is 0 Å². The summed E-state index contributed by atoms with van der Waals surface area (Å²) >= 11 is 0. The minimum absolute atomic E-state index is 0.228. The van der Waals surface area contributed by atoms with E-state index in [2.05, 4.69) is 5.32 Å². The van der Waals surface area contributed by atoms with Gasteiger partial charge in [0, 0.05) is 5.54 Å². The molecule has 0 fully saturated rings. The number of ether oxygens (including phenoxy) is 4. The fourth-order valence-electron chi connectivity index (χ4n) is 2.14. The molecule has 1 atom stereocenters. The maximum atomic E-state index is 12.3. The van der Waals surface area contributed by atoms with Crippen molar-refractivity contribution < 1.29 is 28.5 Å². The summed E-state index contributed by atoms with van der Waals surface area (Å²) in [5, 5.41) is 2.76. The third-order valence-electron chi connectivity index (χ3n) is 3.21. The average molecular weight is 337 g/mol. The van der Waals surface area contributed by atoms with E-state index in [4.69, 9.17) is 18.9 Å². The van der Waals surface area contributed by atoms with Gasteiger partial charge in [0.1, 0.15) is 13.2 Å². The smallest absolute Gasteiger partial charge is 0.339 e. The van der Waals surface area contributed by atoms with Crippen molar-refractivity contribution in [2.24, 2.45) is 0 Å². The topological polar surface area (TPSA) is 83.1 Å². The van der Waals surface area contributed by atoms with Crippen LogP contribution in [-0.4, -0.2) is 43.8 Å². The van der Waals surface area contributed by atoms with Crippen LogP contribution in [0.5, 0.6) is 17.2 Å². The van der Waals surface area contributed by atoms with E-state index in [1.807, 2.05) is 20.8 Å². The number of hydrogen-bond acceptors (Lipinski definition) is 6. The van der Waals surface area contributed by atoms with Gasteiger partial charge >= 0.3 is 5.97 Å². The van der Waals surface area contributed by atoms with Gasteiger partial charge in [-0.25, -0.2) is 4.79 Å². The lowest BCUT2D eigenvalue weighted by atomic mass is 10.1. The molecular formula is C17H23NO6. The van der Waals surface area contributed by atoms with Crippen LogP contribution in [0.15, 0.2) is 12.1 Å². The van der Waals surface area contributed by atoms with Gasteiger partial charge in [0.2, 0.25) is 5.75 Å². The lowest BCUT2D eigenvalue weighted by Crippen LogP contribution is -2.46. The van der Waals surface area contributed by atoms with Crippen LogP contribution >= 0.6 is 0 Å². The Labute approximate surface area is 141 Å². The minimum atomic E-state index is -0.920. The molecule has 0 spiro atoms. The predicted molar refractivity (Wildman–Crippen MR) is 86.8 cm³/mol. The van der Waals surface area contributed by atoms with Crippen LogP contribution in [0.2, 0.25) is 0 Å². The normalized spacial score (nSPS) is 14.5. The molecule has 0 bridgehead atoms. The van der Waals surface area contributed by atoms with Crippen LogP contribution in [-0.2, 0) is 9.53 Å². The number of carbonyl (C=O) groups excluding carboxylic acids is 2. The first kappa shape index (κ1) is 17.9. The highest BCUT2D eigenvalue weighted by Crippen LogP contribution is 2.40. The molecule has 1 aromatic rings. The quantitative estimate of drug-likeness (QED) is 0.845.